The molecule has 0 aliphatic rings. The molecule has 0 atom stereocenters. The molecule has 1 heterocycles. The van der Waals surface area contributed by atoms with E-state index in [9.17, 15) is 0 Å². The SMILES string of the molecule is Cc1ccc(-n2ncc(C#N)c2/N=C/NO)cc1. The van der Waals surface area contributed by atoms with Gasteiger partial charge in [-0.25, -0.2) is 9.67 Å². The predicted molar refractivity (Wildman–Crippen MR) is 66.1 cm³/mol. The summed E-state index contributed by atoms with van der Waals surface area (Å²) in [4.78, 5) is 3.95. The Morgan fingerprint density at radius 1 is 1.44 bits per heavy atom. The molecule has 0 unspecified atom stereocenters. The van der Waals surface area contributed by atoms with Gasteiger partial charge in [0.2, 0.25) is 0 Å². The maximum Gasteiger partial charge on any atom is 0.175 e. The molecule has 0 fully saturated rings. The van der Waals surface area contributed by atoms with Crippen LogP contribution in [-0.4, -0.2) is 21.3 Å². The number of hydroxylamine groups is 1. The fourth-order valence-corrected chi connectivity index (χ4v) is 1.51. The van der Waals surface area contributed by atoms with Crippen LogP contribution in [0.1, 0.15) is 11.1 Å². The van der Waals surface area contributed by atoms with Crippen LogP contribution in [0.15, 0.2) is 35.5 Å². The second-order valence-corrected chi connectivity index (χ2v) is 3.63. The fourth-order valence-electron chi connectivity index (χ4n) is 1.51. The zero-order valence-corrected chi connectivity index (χ0v) is 9.70. The minimum absolute atomic E-state index is 0.335. The first kappa shape index (κ1) is 11.8. The van der Waals surface area contributed by atoms with Crippen LogP contribution in [0.5, 0.6) is 0 Å². The van der Waals surface area contributed by atoms with E-state index < -0.39 is 0 Å². The number of nitrogens with one attached hydrogen (secondary N) is 1. The van der Waals surface area contributed by atoms with Crippen molar-refractivity contribution in [2.24, 2.45) is 4.99 Å². The quantitative estimate of drug-likeness (QED) is 0.486. The van der Waals surface area contributed by atoms with Gasteiger partial charge in [0.05, 0.1) is 11.9 Å². The molecule has 6 nitrogen and oxygen atoms in total. The van der Waals surface area contributed by atoms with Gasteiger partial charge in [-0.2, -0.15) is 10.4 Å². The van der Waals surface area contributed by atoms with Gasteiger partial charge in [-0.3, -0.25) is 10.7 Å². The summed E-state index contributed by atoms with van der Waals surface area (Å²) >= 11 is 0. The highest BCUT2D eigenvalue weighted by Crippen LogP contribution is 2.22. The number of nitrogens with zero attached hydrogens (tertiary/aromatic N) is 4. The van der Waals surface area contributed by atoms with Gasteiger partial charge in [-0.15, -0.1) is 0 Å². The van der Waals surface area contributed by atoms with E-state index in [-0.39, 0.29) is 0 Å². The molecule has 2 N–H and O–H groups in total. The Morgan fingerprint density at radius 2 is 2.17 bits per heavy atom. The molecule has 0 saturated carbocycles. The topological polar surface area (TPSA) is 86.2 Å². The molecule has 0 saturated heterocycles. The number of nitriles is 1. The Kier molecular flexibility index (Phi) is 3.36. The highest BCUT2D eigenvalue weighted by atomic mass is 16.5. The van der Waals surface area contributed by atoms with Gasteiger partial charge in [0.1, 0.15) is 18.0 Å². The van der Waals surface area contributed by atoms with Gasteiger partial charge in [0.25, 0.3) is 0 Å². The van der Waals surface area contributed by atoms with Gasteiger partial charge >= 0.3 is 0 Å². The van der Waals surface area contributed by atoms with Crippen molar-refractivity contribution in [3.8, 4) is 11.8 Å². The average Bonchev–Trinajstić information content (AvgIpc) is 2.80. The van der Waals surface area contributed by atoms with E-state index in [4.69, 9.17) is 10.5 Å². The number of rotatable bonds is 3. The van der Waals surface area contributed by atoms with Crippen LogP contribution < -0.4 is 5.48 Å². The van der Waals surface area contributed by atoms with E-state index in [1.807, 2.05) is 37.3 Å². The summed E-state index contributed by atoms with van der Waals surface area (Å²) in [5.41, 5.74) is 4.07. The van der Waals surface area contributed by atoms with Gasteiger partial charge < -0.3 is 0 Å². The van der Waals surface area contributed by atoms with E-state index in [2.05, 4.69) is 10.1 Å². The van der Waals surface area contributed by atoms with Crippen LogP contribution in [0.4, 0.5) is 5.82 Å². The Balaban J connectivity index is 2.51. The van der Waals surface area contributed by atoms with E-state index in [1.54, 1.807) is 5.48 Å². The normalized spacial score (nSPS) is 10.5. The Morgan fingerprint density at radius 3 is 2.78 bits per heavy atom. The van der Waals surface area contributed by atoms with Crippen molar-refractivity contribution in [1.82, 2.24) is 15.3 Å². The van der Waals surface area contributed by atoms with Crippen LogP contribution in [-0.2, 0) is 0 Å². The third kappa shape index (κ3) is 2.21. The highest BCUT2D eigenvalue weighted by Gasteiger charge is 2.10. The van der Waals surface area contributed by atoms with E-state index in [0.29, 0.717) is 11.4 Å². The number of aliphatic imine (C=N–C) groups is 1. The molecule has 0 aliphatic heterocycles. The Hall–Kier alpha value is -2.65. The molecule has 0 spiro atoms. The molecule has 90 valence electrons. The summed E-state index contributed by atoms with van der Waals surface area (Å²) in [7, 11) is 0. The summed E-state index contributed by atoms with van der Waals surface area (Å²) in [5.74, 6) is 0.364. The predicted octanol–water partition coefficient (Wildman–Crippen LogP) is 1.69. The Labute approximate surface area is 104 Å². The summed E-state index contributed by atoms with van der Waals surface area (Å²) in [6.45, 7) is 1.99. The largest absolute Gasteiger partial charge is 0.290 e. The van der Waals surface area contributed by atoms with Crippen LogP contribution in [0.25, 0.3) is 5.69 Å². The van der Waals surface area contributed by atoms with Crippen molar-refractivity contribution in [3.05, 3.63) is 41.6 Å². The lowest BCUT2D eigenvalue weighted by atomic mass is 10.2. The molecule has 0 aliphatic carbocycles. The Bertz CT molecular complexity index is 606. The number of benzene rings is 1. The first-order chi connectivity index (χ1) is 8.76. The number of hydrogen-bond acceptors (Lipinski definition) is 4. The van der Waals surface area contributed by atoms with Crippen molar-refractivity contribution < 1.29 is 5.21 Å². The summed E-state index contributed by atoms with van der Waals surface area (Å²) in [6, 6.07) is 9.66. The van der Waals surface area contributed by atoms with Crippen molar-refractivity contribution in [2.45, 2.75) is 6.92 Å². The lowest BCUT2D eigenvalue weighted by Gasteiger charge is -2.04. The van der Waals surface area contributed by atoms with Crippen LogP contribution in [0.2, 0.25) is 0 Å². The monoisotopic (exact) mass is 241 g/mol. The van der Waals surface area contributed by atoms with Gasteiger partial charge in [0.15, 0.2) is 5.82 Å². The van der Waals surface area contributed by atoms with Gasteiger partial charge in [0, 0.05) is 0 Å². The number of aromatic nitrogens is 2. The highest BCUT2D eigenvalue weighted by molar-refractivity contribution is 5.63. The molecule has 1 aromatic carbocycles. The smallest absolute Gasteiger partial charge is 0.175 e. The van der Waals surface area contributed by atoms with E-state index in [1.165, 1.54) is 10.9 Å². The maximum absolute atomic E-state index is 8.96. The van der Waals surface area contributed by atoms with E-state index in [0.717, 1.165) is 17.6 Å². The zero-order chi connectivity index (χ0) is 13.0. The standard InChI is InChI=1S/C12H11N5O/c1-9-2-4-11(5-3-9)17-12(14-8-16-18)10(6-13)7-15-17/h2-5,7-8,18H,1H3,(H,14,16). The molecule has 2 aromatic rings. The first-order valence-electron chi connectivity index (χ1n) is 5.23. The van der Waals surface area contributed by atoms with E-state index >= 15 is 0 Å². The number of hydrogen-bond donors (Lipinski definition) is 2. The minimum atomic E-state index is 0.335. The summed E-state index contributed by atoms with van der Waals surface area (Å²) in [5, 5.41) is 21.6. The molecule has 18 heavy (non-hydrogen) atoms. The van der Waals surface area contributed by atoms with Crippen molar-refractivity contribution >= 4 is 12.2 Å². The van der Waals surface area contributed by atoms with Gasteiger partial charge in [-0.1, -0.05) is 17.7 Å². The lowest BCUT2D eigenvalue weighted by Crippen LogP contribution is -2.03. The van der Waals surface area contributed by atoms with Crippen molar-refractivity contribution in [1.29, 1.82) is 5.26 Å². The third-order valence-electron chi connectivity index (χ3n) is 2.39. The lowest BCUT2D eigenvalue weighted by molar-refractivity contribution is 0.240. The summed E-state index contributed by atoms with van der Waals surface area (Å²) < 4.78 is 1.53. The second-order valence-electron chi connectivity index (χ2n) is 3.63. The summed E-state index contributed by atoms with van der Waals surface area (Å²) in [6.07, 6.45) is 2.52. The first-order valence-corrected chi connectivity index (χ1v) is 5.23. The fraction of sp³-hybridized carbons (Fsp3) is 0.0833. The maximum atomic E-state index is 8.96. The molecule has 0 radical (unpaired) electrons. The molecular weight excluding hydrogens is 230 g/mol. The molecule has 6 heteroatoms. The third-order valence-corrected chi connectivity index (χ3v) is 2.39. The second kappa shape index (κ2) is 5.12. The molecule has 2 rings (SSSR count). The molecule has 1 aromatic heterocycles. The van der Waals surface area contributed by atoms with Crippen LogP contribution in [0, 0.1) is 18.3 Å². The van der Waals surface area contributed by atoms with Crippen LogP contribution in [0.3, 0.4) is 0 Å². The van der Waals surface area contributed by atoms with Crippen molar-refractivity contribution in [3.63, 3.8) is 0 Å². The zero-order valence-electron chi connectivity index (χ0n) is 9.70. The minimum Gasteiger partial charge on any atom is -0.290 e. The molecule has 0 bridgehead atoms. The average molecular weight is 241 g/mol. The molecule has 0 amide bonds. The van der Waals surface area contributed by atoms with Gasteiger partial charge in [-0.05, 0) is 19.1 Å². The van der Waals surface area contributed by atoms with Crippen molar-refractivity contribution in [2.75, 3.05) is 0 Å². The number of aryl methyl sites for hydroxylation is 1. The van der Waals surface area contributed by atoms with Crippen LogP contribution >= 0.6 is 0 Å². The molecular formula is C12H11N5O.